The number of benzene rings is 1. The molecule has 1 heterocycles. The molecule has 0 saturated heterocycles. The standard InChI is InChI=1S/C18H26N4OS.HI/c1-12(2)23-16-8-6-15(7-9-16)10-20-18(19-5)21-11-17-22-13(3)14(4)24-17;/h6-9,12H,10-11H2,1-5H3,(H2,19,20,21);1H. The molecule has 0 aliphatic heterocycles. The topological polar surface area (TPSA) is 58.5 Å². The molecular weight excluding hydrogens is 447 g/mol. The number of rotatable bonds is 6. The van der Waals surface area contributed by atoms with Gasteiger partial charge >= 0.3 is 0 Å². The van der Waals surface area contributed by atoms with Crippen LogP contribution < -0.4 is 15.4 Å². The minimum atomic E-state index is 0. The number of hydrogen-bond acceptors (Lipinski definition) is 4. The van der Waals surface area contributed by atoms with Crippen molar-refractivity contribution in [1.29, 1.82) is 0 Å². The Bertz CT molecular complexity index is 663. The lowest BCUT2D eigenvalue weighted by Gasteiger charge is -2.12. The smallest absolute Gasteiger partial charge is 0.191 e. The fourth-order valence-corrected chi connectivity index (χ4v) is 3.01. The third-order valence-corrected chi connectivity index (χ3v) is 4.53. The Hall–Kier alpha value is -1.35. The summed E-state index contributed by atoms with van der Waals surface area (Å²) >= 11 is 1.72. The summed E-state index contributed by atoms with van der Waals surface area (Å²) in [6.45, 7) is 9.57. The van der Waals surface area contributed by atoms with Crippen LogP contribution in [0.4, 0.5) is 0 Å². The number of ether oxygens (including phenoxy) is 1. The van der Waals surface area contributed by atoms with Gasteiger partial charge in [0.2, 0.25) is 0 Å². The molecule has 0 spiro atoms. The molecule has 0 aliphatic carbocycles. The molecular formula is C18H27IN4OS. The summed E-state index contributed by atoms with van der Waals surface area (Å²) in [7, 11) is 1.77. The maximum absolute atomic E-state index is 5.65. The fourth-order valence-electron chi connectivity index (χ4n) is 2.14. The lowest BCUT2D eigenvalue weighted by atomic mass is 10.2. The van der Waals surface area contributed by atoms with Crippen LogP contribution in [0.25, 0.3) is 0 Å². The van der Waals surface area contributed by atoms with Crippen LogP contribution in [0.15, 0.2) is 29.3 Å². The first-order valence-electron chi connectivity index (χ1n) is 8.11. The van der Waals surface area contributed by atoms with Gasteiger partial charge in [0.1, 0.15) is 10.8 Å². The summed E-state index contributed by atoms with van der Waals surface area (Å²) in [5, 5.41) is 7.68. The quantitative estimate of drug-likeness (QED) is 0.377. The highest BCUT2D eigenvalue weighted by atomic mass is 127. The second kappa shape index (κ2) is 10.6. The Balaban J connectivity index is 0.00000312. The van der Waals surface area contributed by atoms with Gasteiger partial charge in [-0.05, 0) is 45.4 Å². The number of guanidine groups is 1. The SMILES string of the molecule is CN=C(NCc1ccc(OC(C)C)cc1)NCc1nc(C)c(C)s1.I. The van der Waals surface area contributed by atoms with E-state index in [9.17, 15) is 0 Å². The van der Waals surface area contributed by atoms with Gasteiger partial charge in [-0.1, -0.05) is 12.1 Å². The molecule has 0 amide bonds. The molecule has 138 valence electrons. The van der Waals surface area contributed by atoms with Crippen LogP contribution in [0.2, 0.25) is 0 Å². The van der Waals surface area contributed by atoms with Crippen LogP contribution in [-0.4, -0.2) is 24.1 Å². The van der Waals surface area contributed by atoms with Crippen molar-refractivity contribution in [2.24, 2.45) is 4.99 Å². The molecule has 2 rings (SSSR count). The molecule has 0 saturated carbocycles. The summed E-state index contributed by atoms with van der Waals surface area (Å²) in [5.41, 5.74) is 2.28. The molecule has 25 heavy (non-hydrogen) atoms. The Morgan fingerprint density at radius 3 is 2.32 bits per heavy atom. The largest absolute Gasteiger partial charge is 0.491 e. The van der Waals surface area contributed by atoms with E-state index in [4.69, 9.17) is 4.74 Å². The van der Waals surface area contributed by atoms with Gasteiger partial charge < -0.3 is 15.4 Å². The lowest BCUT2D eigenvalue weighted by Crippen LogP contribution is -2.36. The second-order valence-electron chi connectivity index (χ2n) is 5.84. The number of aliphatic imine (C=N–C) groups is 1. The number of nitrogens with zero attached hydrogens (tertiary/aromatic N) is 2. The Morgan fingerprint density at radius 2 is 1.80 bits per heavy atom. The van der Waals surface area contributed by atoms with E-state index in [2.05, 4.69) is 39.7 Å². The van der Waals surface area contributed by atoms with Gasteiger partial charge in [-0.25, -0.2) is 4.98 Å². The highest BCUT2D eigenvalue weighted by Crippen LogP contribution is 2.16. The average Bonchev–Trinajstić information content (AvgIpc) is 2.87. The molecule has 0 unspecified atom stereocenters. The van der Waals surface area contributed by atoms with Gasteiger partial charge in [-0.15, -0.1) is 35.3 Å². The molecule has 0 radical (unpaired) electrons. The van der Waals surface area contributed by atoms with Crippen LogP contribution in [0.1, 0.15) is 35.0 Å². The summed E-state index contributed by atoms with van der Waals surface area (Å²) in [6.07, 6.45) is 0.190. The minimum Gasteiger partial charge on any atom is -0.491 e. The minimum absolute atomic E-state index is 0. The van der Waals surface area contributed by atoms with Gasteiger partial charge in [-0.2, -0.15) is 0 Å². The summed E-state index contributed by atoms with van der Waals surface area (Å²) in [4.78, 5) is 10.0. The third-order valence-electron chi connectivity index (χ3n) is 3.46. The maximum Gasteiger partial charge on any atom is 0.191 e. The summed E-state index contributed by atoms with van der Waals surface area (Å²) in [5.74, 6) is 1.66. The fraction of sp³-hybridized carbons (Fsp3) is 0.444. The molecule has 0 atom stereocenters. The molecule has 0 aliphatic rings. The predicted molar refractivity (Wildman–Crippen MR) is 116 cm³/mol. The van der Waals surface area contributed by atoms with Crippen LogP contribution >= 0.6 is 35.3 Å². The Kier molecular flexibility index (Phi) is 9.20. The number of aromatic nitrogens is 1. The van der Waals surface area contributed by atoms with Crippen LogP contribution in [0.5, 0.6) is 5.75 Å². The van der Waals surface area contributed by atoms with Crippen LogP contribution in [0, 0.1) is 13.8 Å². The predicted octanol–water partition coefficient (Wildman–Crippen LogP) is 4.03. The molecule has 1 aromatic heterocycles. The van der Waals surface area contributed by atoms with E-state index >= 15 is 0 Å². The van der Waals surface area contributed by atoms with E-state index < -0.39 is 0 Å². The number of aryl methyl sites for hydroxylation is 2. The van der Waals surface area contributed by atoms with Crippen LogP contribution in [0.3, 0.4) is 0 Å². The third kappa shape index (κ3) is 7.19. The second-order valence-corrected chi connectivity index (χ2v) is 7.13. The zero-order chi connectivity index (χ0) is 17.5. The highest BCUT2D eigenvalue weighted by Gasteiger charge is 2.05. The van der Waals surface area contributed by atoms with Gasteiger partial charge in [-0.3, -0.25) is 4.99 Å². The van der Waals surface area contributed by atoms with Crippen molar-refractivity contribution in [3.05, 3.63) is 45.4 Å². The highest BCUT2D eigenvalue weighted by molar-refractivity contribution is 14.0. The molecule has 7 heteroatoms. The van der Waals surface area contributed by atoms with E-state index in [0.29, 0.717) is 13.1 Å². The van der Waals surface area contributed by atoms with Crippen molar-refractivity contribution in [3.8, 4) is 5.75 Å². The molecule has 2 aromatic rings. The van der Waals surface area contributed by atoms with Crippen molar-refractivity contribution in [2.45, 2.75) is 46.9 Å². The first-order chi connectivity index (χ1) is 11.5. The Morgan fingerprint density at radius 1 is 1.16 bits per heavy atom. The molecule has 2 N–H and O–H groups in total. The van der Waals surface area contributed by atoms with E-state index in [1.807, 2.05) is 32.9 Å². The van der Waals surface area contributed by atoms with E-state index in [1.54, 1.807) is 18.4 Å². The van der Waals surface area contributed by atoms with Crippen molar-refractivity contribution in [3.63, 3.8) is 0 Å². The maximum atomic E-state index is 5.65. The van der Waals surface area contributed by atoms with E-state index in [1.165, 1.54) is 10.4 Å². The van der Waals surface area contributed by atoms with Crippen LogP contribution in [-0.2, 0) is 13.1 Å². The van der Waals surface area contributed by atoms with E-state index in [-0.39, 0.29) is 30.1 Å². The zero-order valence-electron chi connectivity index (χ0n) is 15.4. The summed E-state index contributed by atoms with van der Waals surface area (Å²) in [6, 6.07) is 8.11. The number of halogens is 1. The normalized spacial score (nSPS) is 11.2. The van der Waals surface area contributed by atoms with Crippen molar-refractivity contribution in [2.75, 3.05) is 7.05 Å². The van der Waals surface area contributed by atoms with Crippen molar-refractivity contribution >= 4 is 41.3 Å². The number of thiazole rings is 1. The monoisotopic (exact) mass is 474 g/mol. The van der Waals surface area contributed by atoms with Gasteiger partial charge in [0.15, 0.2) is 5.96 Å². The van der Waals surface area contributed by atoms with E-state index in [0.717, 1.165) is 22.4 Å². The summed E-state index contributed by atoms with van der Waals surface area (Å²) < 4.78 is 5.65. The number of hydrogen-bond donors (Lipinski definition) is 2. The van der Waals surface area contributed by atoms with Crippen molar-refractivity contribution in [1.82, 2.24) is 15.6 Å². The van der Waals surface area contributed by atoms with Crippen molar-refractivity contribution < 1.29 is 4.74 Å². The van der Waals surface area contributed by atoms with Gasteiger partial charge in [0, 0.05) is 18.5 Å². The molecule has 0 bridgehead atoms. The molecule has 5 nitrogen and oxygen atoms in total. The average molecular weight is 474 g/mol. The zero-order valence-corrected chi connectivity index (χ0v) is 18.6. The first kappa shape index (κ1) is 21.7. The van der Waals surface area contributed by atoms with Gasteiger partial charge in [0.25, 0.3) is 0 Å². The first-order valence-corrected chi connectivity index (χ1v) is 8.92. The van der Waals surface area contributed by atoms with Gasteiger partial charge in [0.05, 0.1) is 18.3 Å². The number of nitrogens with one attached hydrogen (secondary N) is 2. The molecule has 1 aromatic carbocycles. The molecule has 0 fully saturated rings. The lowest BCUT2D eigenvalue weighted by molar-refractivity contribution is 0.242. The Labute approximate surface area is 171 Å².